The molecule has 0 aliphatic rings. The van der Waals surface area contributed by atoms with Crippen molar-refractivity contribution in [3.05, 3.63) is 0 Å². The van der Waals surface area contributed by atoms with Gasteiger partial charge in [-0.25, -0.2) is 0 Å². The summed E-state index contributed by atoms with van der Waals surface area (Å²) in [5.41, 5.74) is 5.91. The molecule has 0 radical (unpaired) electrons. The Kier molecular flexibility index (Phi) is 5.57. The molecule has 0 aromatic carbocycles. The Morgan fingerprint density at radius 3 is 2.31 bits per heavy atom. The highest BCUT2D eigenvalue weighted by atomic mass is 15.2. The molecule has 2 heteroatoms. The monoisotopic (exact) mass is 186 g/mol. The lowest BCUT2D eigenvalue weighted by molar-refractivity contribution is 0.143. The van der Waals surface area contributed by atoms with Crippen LogP contribution in [-0.2, 0) is 0 Å². The van der Waals surface area contributed by atoms with Crippen molar-refractivity contribution in [3.8, 4) is 0 Å². The maximum absolute atomic E-state index is 5.58. The zero-order chi connectivity index (χ0) is 10.5. The minimum absolute atomic E-state index is 0.328. The third kappa shape index (κ3) is 4.63. The molecule has 0 fully saturated rings. The Labute approximate surface area is 83.5 Å². The topological polar surface area (TPSA) is 29.3 Å². The maximum atomic E-state index is 5.58. The normalized spacial score (nSPS) is 15.0. The molecule has 0 spiro atoms. The lowest BCUT2D eigenvalue weighted by atomic mass is 9.98. The molecule has 0 heterocycles. The third-order valence-corrected chi connectivity index (χ3v) is 3.26. The van der Waals surface area contributed by atoms with Crippen LogP contribution in [0, 0.1) is 5.92 Å². The van der Waals surface area contributed by atoms with E-state index in [4.69, 9.17) is 5.73 Å². The summed E-state index contributed by atoms with van der Waals surface area (Å²) >= 11 is 0. The highest BCUT2D eigenvalue weighted by molar-refractivity contribution is 4.77. The van der Waals surface area contributed by atoms with Crippen molar-refractivity contribution < 1.29 is 0 Å². The van der Waals surface area contributed by atoms with Crippen molar-refractivity contribution in [2.24, 2.45) is 11.7 Å². The molecule has 2 nitrogen and oxygen atoms in total. The van der Waals surface area contributed by atoms with Crippen molar-refractivity contribution >= 4 is 0 Å². The van der Waals surface area contributed by atoms with E-state index in [0.29, 0.717) is 11.5 Å². The second kappa shape index (κ2) is 5.61. The number of nitrogens with two attached hydrogens (primary N) is 1. The summed E-state index contributed by atoms with van der Waals surface area (Å²) in [4.78, 5) is 2.43. The van der Waals surface area contributed by atoms with E-state index < -0.39 is 0 Å². The zero-order valence-electron chi connectivity index (χ0n) is 9.93. The second-order valence-electron chi connectivity index (χ2n) is 4.72. The van der Waals surface area contributed by atoms with Gasteiger partial charge in [0.1, 0.15) is 0 Å². The van der Waals surface area contributed by atoms with E-state index in [-0.39, 0.29) is 0 Å². The largest absolute Gasteiger partial charge is 0.330 e. The van der Waals surface area contributed by atoms with Crippen LogP contribution in [0.2, 0.25) is 0 Å². The first-order valence-corrected chi connectivity index (χ1v) is 5.35. The molecule has 2 N–H and O–H groups in total. The second-order valence-corrected chi connectivity index (χ2v) is 4.72. The van der Waals surface area contributed by atoms with Crippen molar-refractivity contribution in [1.29, 1.82) is 0 Å². The average molecular weight is 186 g/mol. The van der Waals surface area contributed by atoms with E-state index in [1.54, 1.807) is 0 Å². The highest BCUT2D eigenvalue weighted by Crippen LogP contribution is 2.17. The molecule has 0 aromatic rings. The molecule has 0 aromatic heterocycles. The molecule has 0 saturated carbocycles. The fraction of sp³-hybridized carbons (Fsp3) is 1.00. The fourth-order valence-corrected chi connectivity index (χ4v) is 1.10. The zero-order valence-corrected chi connectivity index (χ0v) is 9.93. The molecule has 1 atom stereocenters. The molecule has 0 saturated heterocycles. The van der Waals surface area contributed by atoms with Crippen molar-refractivity contribution in [2.45, 2.75) is 46.1 Å². The van der Waals surface area contributed by atoms with Crippen molar-refractivity contribution in [2.75, 3.05) is 20.1 Å². The highest BCUT2D eigenvalue weighted by Gasteiger charge is 2.20. The van der Waals surface area contributed by atoms with Gasteiger partial charge in [0.25, 0.3) is 0 Å². The summed E-state index contributed by atoms with van der Waals surface area (Å²) in [6, 6.07) is 0. The number of nitrogens with zero attached hydrogens (tertiary/aromatic N) is 1. The molecular weight excluding hydrogens is 160 g/mol. The SMILES string of the molecule is CCC(C)(C)N(C)CCC(C)CN. The van der Waals surface area contributed by atoms with Gasteiger partial charge in [0.2, 0.25) is 0 Å². The van der Waals surface area contributed by atoms with Crippen LogP contribution < -0.4 is 5.73 Å². The first-order chi connectivity index (χ1) is 5.94. The first kappa shape index (κ1) is 12.9. The van der Waals surface area contributed by atoms with Crippen molar-refractivity contribution in [1.82, 2.24) is 4.90 Å². The molecule has 0 amide bonds. The Bertz CT molecular complexity index is 132. The summed E-state index contributed by atoms with van der Waals surface area (Å²) < 4.78 is 0. The van der Waals surface area contributed by atoms with Crippen LogP contribution >= 0.6 is 0 Å². The van der Waals surface area contributed by atoms with Gasteiger partial charge in [0.05, 0.1) is 0 Å². The van der Waals surface area contributed by atoms with Gasteiger partial charge >= 0.3 is 0 Å². The van der Waals surface area contributed by atoms with Crippen LogP contribution in [0.1, 0.15) is 40.5 Å². The molecule has 1 unspecified atom stereocenters. The molecule has 13 heavy (non-hydrogen) atoms. The van der Waals surface area contributed by atoms with Crippen LogP contribution in [0.4, 0.5) is 0 Å². The molecule has 0 aliphatic heterocycles. The number of hydrogen-bond donors (Lipinski definition) is 1. The van der Waals surface area contributed by atoms with Crippen LogP contribution in [0.25, 0.3) is 0 Å². The van der Waals surface area contributed by atoms with E-state index in [1.807, 2.05) is 0 Å². The molecule has 0 aliphatic carbocycles. The maximum Gasteiger partial charge on any atom is 0.0147 e. The van der Waals surface area contributed by atoms with Gasteiger partial charge in [0, 0.05) is 5.54 Å². The van der Waals surface area contributed by atoms with Crippen molar-refractivity contribution in [3.63, 3.8) is 0 Å². The van der Waals surface area contributed by atoms with E-state index in [2.05, 4.69) is 39.6 Å². The summed E-state index contributed by atoms with van der Waals surface area (Å²) in [5.74, 6) is 0.648. The third-order valence-electron chi connectivity index (χ3n) is 3.26. The minimum Gasteiger partial charge on any atom is -0.330 e. The lowest BCUT2D eigenvalue weighted by Gasteiger charge is -2.35. The standard InChI is InChI=1S/C11H26N2/c1-6-11(3,4)13(5)8-7-10(2)9-12/h10H,6-9,12H2,1-5H3. The summed E-state index contributed by atoms with van der Waals surface area (Å²) in [6.07, 6.45) is 2.40. The van der Waals surface area contributed by atoms with Gasteiger partial charge in [-0.05, 0) is 52.7 Å². The van der Waals surface area contributed by atoms with Crippen LogP contribution in [-0.4, -0.2) is 30.6 Å². The Hall–Kier alpha value is -0.0800. The Morgan fingerprint density at radius 1 is 1.38 bits per heavy atom. The van der Waals surface area contributed by atoms with E-state index in [0.717, 1.165) is 13.1 Å². The Balaban J connectivity index is 3.80. The molecule has 0 bridgehead atoms. The smallest absolute Gasteiger partial charge is 0.0147 e. The van der Waals surface area contributed by atoms with E-state index in [1.165, 1.54) is 12.8 Å². The Morgan fingerprint density at radius 2 is 1.92 bits per heavy atom. The van der Waals surface area contributed by atoms with E-state index in [9.17, 15) is 0 Å². The first-order valence-electron chi connectivity index (χ1n) is 5.35. The van der Waals surface area contributed by atoms with E-state index >= 15 is 0 Å². The quantitative estimate of drug-likeness (QED) is 0.688. The predicted molar refractivity (Wildman–Crippen MR) is 59.8 cm³/mol. The van der Waals surface area contributed by atoms with Gasteiger partial charge in [-0.2, -0.15) is 0 Å². The van der Waals surface area contributed by atoms with Gasteiger partial charge in [-0.3, -0.25) is 0 Å². The van der Waals surface area contributed by atoms with Crippen LogP contribution in [0.3, 0.4) is 0 Å². The number of rotatable bonds is 6. The summed E-state index contributed by atoms with van der Waals surface area (Å²) in [5, 5.41) is 0. The van der Waals surface area contributed by atoms with Gasteiger partial charge in [-0.15, -0.1) is 0 Å². The van der Waals surface area contributed by atoms with Gasteiger partial charge in [0.15, 0.2) is 0 Å². The molecule has 80 valence electrons. The lowest BCUT2D eigenvalue weighted by Crippen LogP contribution is -2.41. The minimum atomic E-state index is 0.328. The fourth-order valence-electron chi connectivity index (χ4n) is 1.10. The van der Waals surface area contributed by atoms with Crippen LogP contribution in [0.5, 0.6) is 0 Å². The summed E-state index contributed by atoms with van der Waals surface area (Å²) in [6.45, 7) is 11.0. The number of hydrogen-bond acceptors (Lipinski definition) is 2. The molecule has 0 rings (SSSR count). The van der Waals surface area contributed by atoms with Crippen LogP contribution in [0.15, 0.2) is 0 Å². The molecular formula is C11H26N2. The van der Waals surface area contributed by atoms with Gasteiger partial charge < -0.3 is 10.6 Å². The summed E-state index contributed by atoms with van der Waals surface area (Å²) in [7, 11) is 2.20. The predicted octanol–water partition coefficient (Wildman–Crippen LogP) is 2.09. The average Bonchev–Trinajstić information content (AvgIpc) is 2.13. The van der Waals surface area contributed by atoms with Gasteiger partial charge in [-0.1, -0.05) is 13.8 Å².